The van der Waals surface area contributed by atoms with Gasteiger partial charge in [-0.25, -0.2) is 24.3 Å². The third-order valence-electron chi connectivity index (χ3n) is 8.17. The number of fused-ring (bicyclic) bond motifs is 5. The van der Waals surface area contributed by atoms with Crippen molar-refractivity contribution in [3.63, 3.8) is 0 Å². The summed E-state index contributed by atoms with van der Waals surface area (Å²) in [6.07, 6.45) is -0.488. The number of nitrogens with two attached hydrogens (primary N) is 1. The second-order valence-corrected chi connectivity index (χ2v) is 16.5. The van der Waals surface area contributed by atoms with Gasteiger partial charge in [0.1, 0.15) is 41.8 Å². The molecule has 5 N–H and O–H groups in total. The second kappa shape index (κ2) is 11.4. The molecule has 10 atom stereocenters. The van der Waals surface area contributed by atoms with Gasteiger partial charge in [-0.15, -0.1) is 0 Å². The van der Waals surface area contributed by atoms with Crippen LogP contribution in [0.15, 0.2) is 30.0 Å². The van der Waals surface area contributed by atoms with E-state index >= 15 is 0 Å². The zero-order chi connectivity index (χ0) is 31.8. The lowest BCUT2D eigenvalue weighted by molar-refractivity contribution is -0.0597. The van der Waals surface area contributed by atoms with E-state index in [0.29, 0.717) is 11.2 Å². The fourth-order valence-electron chi connectivity index (χ4n) is 5.92. The fraction of sp³-hybridized carbons (Fsp3) is 0.522. The first-order valence-electron chi connectivity index (χ1n) is 13.6. The van der Waals surface area contributed by atoms with Crippen molar-refractivity contribution in [1.29, 1.82) is 0 Å². The third-order valence-corrected chi connectivity index (χ3v) is 11.3. The van der Waals surface area contributed by atoms with Crippen LogP contribution in [0.3, 0.4) is 0 Å². The van der Waals surface area contributed by atoms with Crippen molar-refractivity contribution < 1.29 is 41.7 Å². The van der Waals surface area contributed by atoms with Gasteiger partial charge in [-0.1, -0.05) is 13.8 Å². The summed E-state index contributed by atoms with van der Waals surface area (Å²) >= 11 is 10.8. The monoisotopic (exact) mass is 704 g/mol. The van der Waals surface area contributed by atoms with Gasteiger partial charge in [0.15, 0.2) is 29.2 Å². The van der Waals surface area contributed by atoms with Crippen molar-refractivity contribution in [3.8, 4) is 0 Å². The van der Waals surface area contributed by atoms with E-state index in [9.17, 15) is 19.0 Å². The van der Waals surface area contributed by atoms with E-state index in [-0.39, 0.29) is 30.1 Å². The van der Waals surface area contributed by atoms with Gasteiger partial charge in [0.2, 0.25) is 0 Å². The highest BCUT2D eigenvalue weighted by Gasteiger charge is 2.51. The second-order valence-electron chi connectivity index (χ2n) is 10.9. The molecule has 17 nitrogen and oxygen atoms in total. The Hall–Kier alpha value is -2.32. The van der Waals surface area contributed by atoms with E-state index < -0.39 is 73.5 Å². The van der Waals surface area contributed by atoms with Gasteiger partial charge < -0.3 is 52.6 Å². The van der Waals surface area contributed by atoms with Crippen LogP contribution < -0.4 is 11.3 Å². The van der Waals surface area contributed by atoms with Crippen molar-refractivity contribution in [2.45, 2.75) is 50.7 Å². The number of nitrogen functional groups attached to an aromatic ring is 1. The smallest absolute Gasteiger partial charge is 0.325 e. The minimum atomic E-state index is -4.00. The standard InChI is InChI=1S/C23H27FN8O9P2S2/c1-9-12-4-36-42(34,44)40-16-10(2)22(31-3-11(24)14-19(31)27-7-29-21(14)33)39-13(16)5-37-43(35,45)41-17(9)23(38-12)32-8-30-15-18(25)26-6-28-20(15)32/h3,6-10,12-13,16-17,22-23H,4-5H2,1-2H3,(H,34,44)(H,35,45)(H2,25,26,28)(H,27,29,33)/t9-,10-,12-,13-,16+,17-,22-,23-,42?,43?/m1/s1. The van der Waals surface area contributed by atoms with E-state index in [2.05, 4.69) is 24.9 Å². The summed E-state index contributed by atoms with van der Waals surface area (Å²) in [4.78, 5) is 53.7. The van der Waals surface area contributed by atoms with Gasteiger partial charge in [0.05, 0.1) is 32.0 Å². The molecule has 0 radical (unpaired) electrons. The third kappa shape index (κ3) is 5.56. The summed E-state index contributed by atoms with van der Waals surface area (Å²) in [5, 5.41) is -0.249. The van der Waals surface area contributed by atoms with E-state index in [0.717, 1.165) is 12.5 Å². The molecule has 4 aromatic heterocycles. The molecule has 4 aromatic rings. The SMILES string of the molecule is C[C@@H]1[C@@H]2OP(O)(=S)OC[C@H]3O[C@@H](n4cnc5c(N)ncnc54)[C@H](OP(O)(=S)OC[C@H]2O[C@H]1n1cc(F)c2c(=O)[nH]cnc21)[C@@H]3C. The van der Waals surface area contributed by atoms with Gasteiger partial charge in [-0.05, 0) is 23.6 Å². The summed E-state index contributed by atoms with van der Waals surface area (Å²) in [6.45, 7) is -5.02. The lowest BCUT2D eigenvalue weighted by Crippen LogP contribution is -2.32. The van der Waals surface area contributed by atoms with Crippen LogP contribution in [0.5, 0.6) is 0 Å². The maximum atomic E-state index is 14.8. The Morgan fingerprint density at radius 3 is 2.40 bits per heavy atom. The summed E-state index contributed by atoms with van der Waals surface area (Å²) in [5.41, 5.74) is 6.02. The van der Waals surface area contributed by atoms with Crippen molar-refractivity contribution in [2.24, 2.45) is 11.8 Å². The first-order chi connectivity index (χ1) is 21.3. The van der Waals surface area contributed by atoms with Gasteiger partial charge in [0.25, 0.3) is 5.56 Å². The van der Waals surface area contributed by atoms with E-state index in [1.165, 1.54) is 17.2 Å². The summed E-state index contributed by atoms with van der Waals surface area (Å²) in [6, 6.07) is 0. The average Bonchev–Trinajstić information content (AvgIpc) is 3.71. The minimum absolute atomic E-state index is 0.0333. The lowest BCUT2D eigenvalue weighted by Gasteiger charge is -2.28. The quantitative estimate of drug-likeness (QED) is 0.218. The Morgan fingerprint density at radius 1 is 0.956 bits per heavy atom. The van der Waals surface area contributed by atoms with Crippen LogP contribution in [0.1, 0.15) is 26.3 Å². The molecule has 0 aliphatic carbocycles. The molecule has 3 aliphatic rings. The lowest BCUT2D eigenvalue weighted by atomic mass is 10.0. The molecule has 0 saturated carbocycles. The van der Waals surface area contributed by atoms with Crippen LogP contribution in [0.25, 0.3) is 22.2 Å². The van der Waals surface area contributed by atoms with Crippen LogP contribution in [-0.2, 0) is 51.2 Å². The zero-order valence-corrected chi connectivity index (χ0v) is 26.9. The van der Waals surface area contributed by atoms with Gasteiger partial charge >= 0.3 is 13.4 Å². The Balaban J connectivity index is 1.21. The number of ether oxygens (including phenoxy) is 2. The highest BCUT2D eigenvalue weighted by atomic mass is 32.5. The number of aromatic amines is 1. The number of hydrogen-bond donors (Lipinski definition) is 4. The number of halogens is 1. The van der Waals surface area contributed by atoms with Crippen molar-refractivity contribution >= 4 is 65.1 Å². The number of aromatic nitrogens is 7. The van der Waals surface area contributed by atoms with Crippen LogP contribution in [0.4, 0.5) is 10.2 Å². The Kier molecular flexibility index (Phi) is 7.95. The maximum absolute atomic E-state index is 14.8. The van der Waals surface area contributed by atoms with E-state index in [1.807, 2.05) is 0 Å². The Bertz CT molecular complexity index is 1950. The number of H-pyrrole nitrogens is 1. The molecule has 2 unspecified atom stereocenters. The number of nitrogens with one attached hydrogen (secondary N) is 1. The zero-order valence-electron chi connectivity index (χ0n) is 23.4. The molecule has 3 aliphatic heterocycles. The maximum Gasteiger partial charge on any atom is 0.325 e. The summed E-state index contributed by atoms with van der Waals surface area (Å²) < 4.78 is 53.8. The highest BCUT2D eigenvalue weighted by molar-refractivity contribution is 8.07. The molecule has 242 valence electrons. The number of hydrogen-bond acceptors (Lipinski definition) is 14. The largest absolute Gasteiger partial charge is 0.382 e. The molecule has 0 aromatic carbocycles. The first-order valence-corrected chi connectivity index (χ1v) is 18.8. The average molecular weight is 705 g/mol. The molecule has 0 spiro atoms. The number of rotatable bonds is 2. The predicted octanol–water partition coefficient (Wildman–Crippen LogP) is 1.60. The first kappa shape index (κ1) is 31.3. The van der Waals surface area contributed by atoms with Gasteiger partial charge in [0, 0.05) is 18.0 Å². The molecule has 22 heteroatoms. The van der Waals surface area contributed by atoms with Crippen LogP contribution in [0, 0.1) is 17.7 Å². The van der Waals surface area contributed by atoms with Crippen LogP contribution in [0.2, 0.25) is 0 Å². The van der Waals surface area contributed by atoms with Crippen molar-refractivity contribution in [1.82, 2.24) is 34.1 Å². The molecule has 45 heavy (non-hydrogen) atoms. The minimum Gasteiger partial charge on any atom is -0.382 e. The molecule has 3 fully saturated rings. The Morgan fingerprint density at radius 2 is 1.64 bits per heavy atom. The molecular weight excluding hydrogens is 677 g/mol. The molecule has 0 amide bonds. The molecule has 7 rings (SSSR count). The van der Waals surface area contributed by atoms with Gasteiger partial charge in [-0.2, -0.15) is 0 Å². The number of nitrogens with zero attached hydrogens (tertiary/aromatic N) is 6. The molecule has 2 bridgehead atoms. The predicted molar refractivity (Wildman–Crippen MR) is 161 cm³/mol. The summed E-state index contributed by atoms with van der Waals surface area (Å²) in [5.74, 6) is -1.72. The van der Waals surface area contributed by atoms with Crippen LogP contribution >= 0.6 is 13.4 Å². The Labute approximate surface area is 263 Å². The normalized spacial score (nSPS) is 37.7. The molecular formula is C23H27FN8O9P2S2. The highest BCUT2D eigenvalue weighted by Crippen LogP contribution is 2.55. The number of imidazole rings is 1. The topological polar surface area (TPSA) is 216 Å². The molecule has 3 saturated heterocycles. The van der Waals surface area contributed by atoms with E-state index in [4.69, 9.17) is 56.9 Å². The van der Waals surface area contributed by atoms with Gasteiger partial charge in [-0.3, -0.25) is 9.36 Å². The number of anilines is 1. The molecule has 7 heterocycles. The van der Waals surface area contributed by atoms with Crippen LogP contribution in [-0.4, -0.2) is 81.5 Å². The van der Waals surface area contributed by atoms with Crippen molar-refractivity contribution in [3.05, 3.63) is 41.3 Å². The van der Waals surface area contributed by atoms with Crippen molar-refractivity contribution in [2.75, 3.05) is 18.9 Å². The fourth-order valence-corrected chi connectivity index (χ4v) is 8.91. The summed E-state index contributed by atoms with van der Waals surface area (Å²) in [7, 11) is 0. The van der Waals surface area contributed by atoms with E-state index in [1.54, 1.807) is 18.4 Å².